The third kappa shape index (κ3) is 3.31. The van der Waals surface area contributed by atoms with E-state index in [-0.39, 0.29) is 24.4 Å². The molecule has 0 radical (unpaired) electrons. The molecule has 2 aromatic rings. The van der Waals surface area contributed by atoms with Gasteiger partial charge in [0.05, 0.1) is 11.0 Å². The molecule has 1 saturated carbocycles. The van der Waals surface area contributed by atoms with Crippen LogP contribution < -0.4 is 11.1 Å². The average molecular weight is 307 g/mol. The number of nitrogens with zero attached hydrogens (tertiary/aromatic N) is 2. The summed E-state index contributed by atoms with van der Waals surface area (Å²) in [5.74, 6) is 0.349. The Morgan fingerprint density at radius 3 is 2.76 bits per heavy atom. The molecule has 1 aliphatic carbocycles. The van der Waals surface area contributed by atoms with Crippen molar-refractivity contribution in [3.63, 3.8) is 0 Å². The number of aromatic nitrogens is 2. The Kier molecular flexibility index (Phi) is 5.09. The number of nitrogens with one attached hydrogen (secondary N) is 1. The minimum Gasteiger partial charge on any atom is -0.349 e. The lowest BCUT2D eigenvalue weighted by Crippen LogP contribution is -2.39. The zero-order valence-electron chi connectivity index (χ0n) is 11.7. The Labute approximate surface area is 129 Å². The van der Waals surface area contributed by atoms with Crippen molar-refractivity contribution in [2.24, 2.45) is 11.7 Å². The minimum atomic E-state index is -0.0529. The van der Waals surface area contributed by atoms with Crippen molar-refractivity contribution in [2.45, 2.75) is 25.3 Å². The lowest BCUT2D eigenvalue weighted by Gasteiger charge is -2.19. The van der Waals surface area contributed by atoms with E-state index in [0.29, 0.717) is 18.0 Å². The molecule has 21 heavy (non-hydrogen) atoms. The molecule has 6 heteroatoms. The molecule has 1 aromatic heterocycles. The number of halogens is 1. The molecule has 3 N–H and O–H groups in total. The van der Waals surface area contributed by atoms with Crippen LogP contribution in [0.25, 0.3) is 11.0 Å². The predicted octanol–water partition coefficient (Wildman–Crippen LogP) is 1.91. The third-order valence-corrected chi connectivity index (χ3v) is 4.01. The van der Waals surface area contributed by atoms with Gasteiger partial charge in [-0.05, 0) is 43.5 Å². The van der Waals surface area contributed by atoms with Crippen molar-refractivity contribution in [3.8, 4) is 0 Å². The van der Waals surface area contributed by atoms with E-state index in [1.165, 1.54) is 0 Å². The molecule has 112 valence electrons. The number of hydrogen-bond acceptors (Lipinski definition) is 4. The van der Waals surface area contributed by atoms with Crippen molar-refractivity contribution in [1.82, 2.24) is 15.3 Å². The first-order valence-electron chi connectivity index (χ1n) is 6.99. The van der Waals surface area contributed by atoms with Crippen molar-refractivity contribution in [2.75, 3.05) is 6.54 Å². The Morgan fingerprint density at radius 2 is 2.00 bits per heavy atom. The molecule has 1 amide bonds. The average Bonchev–Trinajstić information content (AvgIpc) is 2.94. The molecule has 1 fully saturated rings. The van der Waals surface area contributed by atoms with Crippen LogP contribution in [0.15, 0.2) is 30.6 Å². The molecule has 0 spiro atoms. The van der Waals surface area contributed by atoms with Crippen LogP contribution in [0.1, 0.15) is 29.6 Å². The monoisotopic (exact) mass is 306 g/mol. The molecular weight excluding hydrogens is 288 g/mol. The van der Waals surface area contributed by atoms with Crippen LogP contribution in [0.4, 0.5) is 0 Å². The second-order valence-corrected chi connectivity index (χ2v) is 5.27. The summed E-state index contributed by atoms with van der Waals surface area (Å²) < 4.78 is 0. The molecule has 0 aliphatic heterocycles. The Bertz CT molecular complexity index is 634. The number of carbonyl (C=O) groups is 1. The van der Waals surface area contributed by atoms with Gasteiger partial charge in [-0.1, -0.05) is 6.42 Å². The standard InChI is InChI=1S/C15H18N4O.ClH/c16-9-11-2-1-3-12(11)19-15(20)10-4-5-13-14(8-10)18-7-6-17-13;/h4-8,11-12H,1-3,9,16H2,(H,19,20);1H. The molecule has 1 heterocycles. The van der Waals surface area contributed by atoms with Gasteiger partial charge in [-0.3, -0.25) is 14.8 Å². The summed E-state index contributed by atoms with van der Waals surface area (Å²) in [6.07, 6.45) is 6.53. The van der Waals surface area contributed by atoms with E-state index in [0.717, 1.165) is 30.3 Å². The zero-order valence-corrected chi connectivity index (χ0v) is 12.5. The van der Waals surface area contributed by atoms with E-state index in [9.17, 15) is 4.79 Å². The van der Waals surface area contributed by atoms with Crippen LogP contribution in [0.2, 0.25) is 0 Å². The van der Waals surface area contributed by atoms with Crippen LogP contribution in [0, 0.1) is 5.92 Å². The lowest BCUT2D eigenvalue weighted by molar-refractivity contribution is 0.0929. The predicted molar refractivity (Wildman–Crippen MR) is 84.4 cm³/mol. The lowest BCUT2D eigenvalue weighted by atomic mass is 10.0. The summed E-state index contributed by atoms with van der Waals surface area (Å²) in [7, 11) is 0. The van der Waals surface area contributed by atoms with Crippen LogP contribution in [0.3, 0.4) is 0 Å². The van der Waals surface area contributed by atoms with E-state index in [1.54, 1.807) is 24.5 Å². The van der Waals surface area contributed by atoms with Gasteiger partial charge in [-0.2, -0.15) is 0 Å². The molecule has 2 atom stereocenters. The normalized spacial score (nSPS) is 21.0. The highest BCUT2D eigenvalue weighted by molar-refractivity contribution is 5.97. The maximum Gasteiger partial charge on any atom is 0.251 e. The van der Waals surface area contributed by atoms with Crippen LogP contribution in [-0.2, 0) is 0 Å². The number of rotatable bonds is 3. The fraction of sp³-hybridized carbons (Fsp3) is 0.400. The Hall–Kier alpha value is -1.72. The number of nitrogens with two attached hydrogens (primary N) is 1. The van der Waals surface area contributed by atoms with Gasteiger partial charge in [0.15, 0.2) is 0 Å². The van der Waals surface area contributed by atoms with E-state index >= 15 is 0 Å². The SMILES string of the molecule is Cl.NCC1CCCC1NC(=O)c1ccc2nccnc2c1. The molecule has 3 rings (SSSR count). The highest BCUT2D eigenvalue weighted by Gasteiger charge is 2.27. The van der Waals surface area contributed by atoms with Gasteiger partial charge in [-0.15, -0.1) is 12.4 Å². The highest BCUT2D eigenvalue weighted by Crippen LogP contribution is 2.25. The van der Waals surface area contributed by atoms with E-state index in [1.807, 2.05) is 6.07 Å². The van der Waals surface area contributed by atoms with Crippen LogP contribution >= 0.6 is 12.4 Å². The topological polar surface area (TPSA) is 80.9 Å². The molecule has 1 aromatic carbocycles. The number of benzene rings is 1. The zero-order chi connectivity index (χ0) is 13.9. The Balaban J connectivity index is 0.00000161. The van der Waals surface area contributed by atoms with E-state index in [4.69, 9.17) is 5.73 Å². The summed E-state index contributed by atoms with van der Waals surface area (Å²) in [5.41, 5.74) is 7.90. The van der Waals surface area contributed by atoms with Crippen molar-refractivity contribution in [1.29, 1.82) is 0 Å². The van der Waals surface area contributed by atoms with Gasteiger partial charge in [0, 0.05) is 24.0 Å². The first kappa shape index (κ1) is 15.7. The van der Waals surface area contributed by atoms with Crippen LogP contribution in [-0.4, -0.2) is 28.5 Å². The van der Waals surface area contributed by atoms with E-state index < -0.39 is 0 Å². The number of amides is 1. The summed E-state index contributed by atoms with van der Waals surface area (Å²) in [5, 5.41) is 3.09. The smallest absolute Gasteiger partial charge is 0.251 e. The molecule has 1 aliphatic rings. The maximum absolute atomic E-state index is 12.3. The molecule has 0 bridgehead atoms. The number of carbonyl (C=O) groups excluding carboxylic acids is 1. The first-order chi connectivity index (χ1) is 9.78. The first-order valence-corrected chi connectivity index (χ1v) is 6.99. The summed E-state index contributed by atoms with van der Waals surface area (Å²) in [6.45, 7) is 0.633. The van der Waals surface area contributed by atoms with Gasteiger partial charge in [0.25, 0.3) is 5.91 Å². The molecule has 0 saturated heterocycles. The molecule has 5 nitrogen and oxygen atoms in total. The fourth-order valence-electron chi connectivity index (χ4n) is 2.87. The second kappa shape index (κ2) is 6.83. The fourth-order valence-corrected chi connectivity index (χ4v) is 2.87. The second-order valence-electron chi connectivity index (χ2n) is 5.27. The maximum atomic E-state index is 12.3. The Morgan fingerprint density at radius 1 is 1.24 bits per heavy atom. The number of fused-ring (bicyclic) bond motifs is 1. The van der Waals surface area contributed by atoms with Crippen molar-refractivity contribution < 1.29 is 4.79 Å². The van der Waals surface area contributed by atoms with Gasteiger partial charge in [0.1, 0.15) is 0 Å². The summed E-state index contributed by atoms with van der Waals surface area (Å²) in [4.78, 5) is 20.7. The van der Waals surface area contributed by atoms with Crippen LogP contribution in [0.5, 0.6) is 0 Å². The van der Waals surface area contributed by atoms with Crippen molar-refractivity contribution >= 4 is 29.3 Å². The molecular formula is C15H19ClN4O. The van der Waals surface area contributed by atoms with Gasteiger partial charge < -0.3 is 11.1 Å². The van der Waals surface area contributed by atoms with Crippen molar-refractivity contribution in [3.05, 3.63) is 36.2 Å². The quantitative estimate of drug-likeness (QED) is 0.907. The third-order valence-electron chi connectivity index (χ3n) is 4.01. The summed E-state index contributed by atoms with van der Waals surface area (Å²) in [6, 6.07) is 5.60. The largest absolute Gasteiger partial charge is 0.349 e. The minimum absolute atomic E-state index is 0. The van der Waals surface area contributed by atoms with Gasteiger partial charge >= 0.3 is 0 Å². The summed E-state index contributed by atoms with van der Waals surface area (Å²) >= 11 is 0. The van der Waals surface area contributed by atoms with Gasteiger partial charge in [0.2, 0.25) is 0 Å². The highest BCUT2D eigenvalue weighted by atomic mass is 35.5. The van der Waals surface area contributed by atoms with E-state index in [2.05, 4.69) is 15.3 Å². The van der Waals surface area contributed by atoms with Gasteiger partial charge in [-0.25, -0.2) is 0 Å². The number of hydrogen-bond donors (Lipinski definition) is 2. The molecule has 2 unspecified atom stereocenters.